The molecule has 0 atom stereocenters. The van der Waals surface area contributed by atoms with Gasteiger partial charge >= 0.3 is 0 Å². The highest BCUT2D eigenvalue weighted by atomic mass is 35.5. The molecule has 2 heterocycles. The zero-order chi connectivity index (χ0) is 26.9. The summed E-state index contributed by atoms with van der Waals surface area (Å²) in [4.78, 5) is 12.7. The molecule has 1 amide bonds. The van der Waals surface area contributed by atoms with Gasteiger partial charge in [0.05, 0.1) is 28.9 Å². The van der Waals surface area contributed by atoms with Crippen molar-refractivity contribution in [3.8, 4) is 5.75 Å². The van der Waals surface area contributed by atoms with Gasteiger partial charge in [-0.25, -0.2) is 8.42 Å². The van der Waals surface area contributed by atoms with Gasteiger partial charge in [-0.1, -0.05) is 61.7 Å². The van der Waals surface area contributed by atoms with Crippen LogP contribution in [0.1, 0.15) is 43.7 Å². The van der Waals surface area contributed by atoms with Crippen LogP contribution in [0, 0.1) is 5.41 Å². The number of benzene rings is 2. The van der Waals surface area contributed by atoms with Crippen molar-refractivity contribution in [2.45, 2.75) is 49.9 Å². The molecule has 4 aromatic rings. The van der Waals surface area contributed by atoms with E-state index in [1.165, 1.54) is 13.2 Å². The fourth-order valence-electron chi connectivity index (χ4n) is 4.97. The third-order valence-electron chi connectivity index (χ3n) is 7.04. The number of nitrogens with zero attached hydrogens (tertiary/aromatic N) is 2. The topological polar surface area (TPSA) is 102 Å². The third kappa shape index (κ3) is 5.39. The molecule has 0 saturated heterocycles. The van der Waals surface area contributed by atoms with Gasteiger partial charge in [0.1, 0.15) is 9.96 Å². The number of hydrogen-bond acceptors (Lipinski definition) is 6. The first kappa shape index (κ1) is 26.5. The molecule has 2 aromatic heterocycles. The maximum Gasteiger partial charge on any atom is 0.272 e. The summed E-state index contributed by atoms with van der Waals surface area (Å²) in [6.07, 6.45) is 4.06. The van der Waals surface area contributed by atoms with Gasteiger partial charge in [0.15, 0.2) is 5.82 Å². The van der Waals surface area contributed by atoms with Crippen molar-refractivity contribution < 1.29 is 17.9 Å². The molecule has 8 nitrogen and oxygen atoms in total. The van der Waals surface area contributed by atoms with Crippen LogP contribution < -0.4 is 14.8 Å². The zero-order valence-electron chi connectivity index (χ0n) is 21.2. The van der Waals surface area contributed by atoms with Crippen LogP contribution in [0.5, 0.6) is 5.75 Å². The Labute approximate surface area is 231 Å². The van der Waals surface area contributed by atoms with Crippen LogP contribution in [0.4, 0.5) is 5.82 Å². The molecule has 0 bridgehead atoms. The second-order valence-corrected chi connectivity index (χ2v) is 13.4. The van der Waals surface area contributed by atoms with Crippen molar-refractivity contribution in [2.75, 3.05) is 11.8 Å². The molecule has 11 heteroatoms. The van der Waals surface area contributed by atoms with Crippen molar-refractivity contribution in [3.63, 3.8) is 0 Å². The lowest BCUT2D eigenvalue weighted by atomic mass is 9.88. The van der Waals surface area contributed by atoms with E-state index < -0.39 is 10.0 Å². The minimum absolute atomic E-state index is 0.0984. The number of hydrogen-bond donors (Lipinski definition) is 2. The van der Waals surface area contributed by atoms with Gasteiger partial charge in [-0.15, -0.1) is 11.3 Å². The number of amides is 1. The van der Waals surface area contributed by atoms with Gasteiger partial charge in [-0.3, -0.25) is 14.2 Å². The molecule has 1 aliphatic carbocycles. The van der Waals surface area contributed by atoms with E-state index in [-0.39, 0.29) is 21.3 Å². The van der Waals surface area contributed by atoms with E-state index in [4.69, 9.17) is 16.3 Å². The van der Waals surface area contributed by atoms with E-state index in [9.17, 15) is 13.2 Å². The smallest absolute Gasteiger partial charge is 0.272 e. The summed E-state index contributed by atoms with van der Waals surface area (Å²) in [5, 5.41) is 8.29. The summed E-state index contributed by atoms with van der Waals surface area (Å²) in [6.45, 7) is 2.89. The summed E-state index contributed by atoms with van der Waals surface area (Å²) in [5.74, 6) is 0.789. The molecule has 0 aliphatic heterocycles. The number of halogens is 1. The Hall–Kier alpha value is -3.08. The van der Waals surface area contributed by atoms with Crippen LogP contribution in [0.3, 0.4) is 0 Å². The summed E-state index contributed by atoms with van der Waals surface area (Å²) in [5.41, 5.74) is 2.40. The molecular formula is C27H29ClN4O4S2. The Balaban J connectivity index is 1.41. The van der Waals surface area contributed by atoms with Gasteiger partial charge in [-0.05, 0) is 48.2 Å². The molecule has 2 aromatic carbocycles. The van der Waals surface area contributed by atoms with Crippen molar-refractivity contribution in [1.29, 1.82) is 0 Å². The molecule has 0 radical (unpaired) electrons. The summed E-state index contributed by atoms with van der Waals surface area (Å²) in [6, 6.07) is 16.4. The SMILES string of the molecule is COc1cccc2c1c(NS(=O)(=O)c1ccc(Cl)s1)nn2Cc1cccc(CNC(=O)C2(C)CCCC2)c1. The number of sulfonamides is 1. The number of anilines is 1. The largest absolute Gasteiger partial charge is 0.496 e. The molecular weight excluding hydrogens is 544 g/mol. The normalized spacial score (nSPS) is 15.0. The quantitative estimate of drug-likeness (QED) is 0.264. The minimum Gasteiger partial charge on any atom is -0.496 e. The molecule has 0 unspecified atom stereocenters. The first-order valence-corrected chi connectivity index (χ1v) is 15.0. The molecule has 1 aliphatic rings. The van der Waals surface area contributed by atoms with Gasteiger partial charge in [-0.2, -0.15) is 5.10 Å². The minimum atomic E-state index is -3.89. The summed E-state index contributed by atoms with van der Waals surface area (Å²) >= 11 is 6.94. The number of rotatable bonds is 9. The predicted molar refractivity (Wildman–Crippen MR) is 150 cm³/mol. The highest BCUT2D eigenvalue weighted by Crippen LogP contribution is 2.38. The molecule has 2 N–H and O–H groups in total. The van der Waals surface area contributed by atoms with Crippen LogP contribution in [-0.4, -0.2) is 31.2 Å². The number of fused-ring (bicyclic) bond motifs is 1. The van der Waals surface area contributed by atoms with Crippen LogP contribution >= 0.6 is 22.9 Å². The highest BCUT2D eigenvalue weighted by Gasteiger charge is 2.35. The average Bonchev–Trinajstić information content (AvgIpc) is 3.63. The van der Waals surface area contributed by atoms with Crippen molar-refractivity contribution in [1.82, 2.24) is 15.1 Å². The average molecular weight is 573 g/mol. The zero-order valence-corrected chi connectivity index (χ0v) is 23.5. The maximum atomic E-state index is 13.0. The number of carbonyl (C=O) groups excluding carboxylic acids is 1. The van der Waals surface area contributed by atoms with Gasteiger partial charge in [0, 0.05) is 12.0 Å². The molecule has 1 saturated carbocycles. The van der Waals surface area contributed by atoms with Gasteiger partial charge in [0.25, 0.3) is 10.0 Å². The Bertz CT molecular complexity index is 1590. The van der Waals surface area contributed by atoms with E-state index in [2.05, 4.69) is 15.1 Å². The Morgan fingerprint density at radius 3 is 2.58 bits per heavy atom. The Kier molecular flexibility index (Phi) is 7.39. The van der Waals surface area contributed by atoms with Crippen molar-refractivity contribution in [3.05, 3.63) is 70.1 Å². The van der Waals surface area contributed by atoms with E-state index in [1.54, 1.807) is 16.8 Å². The van der Waals surface area contributed by atoms with E-state index in [1.807, 2.05) is 43.3 Å². The molecule has 38 heavy (non-hydrogen) atoms. The van der Waals surface area contributed by atoms with Crippen LogP contribution in [0.2, 0.25) is 4.34 Å². The Morgan fingerprint density at radius 1 is 1.13 bits per heavy atom. The number of aromatic nitrogens is 2. The van der Waals surface area contributed by atoms with Crippen molar-refractivity contribution >= 4 is 55.6 Å². The lowest BCUT2D eigenvalue weighted by molar-refractivity contribution is -0.130. The van der Waals surface area contributed by atoms with Gasteiger partial charge < -0.3 is 10.1 Å². The fourth-order valence-corrected chi connectivity index (χ4v) is 7.46. The van der Waals surface area contributed by atoms with E-state index in [0.29, 0.717) is 28.6 Å². The monoisotopic (exact) mass is 572 g/mol. The molecule has 5 rings (SSSR count). The first-order chi connectivity index (χ1) is 18.2. The first-order valence-electron chi connectivity index (χ1n) is 12.4. The fraction of sp³-hybridized carbons (Fsp3) is 0.333. The predicted octanol–water partition coefficient (Wildman–Crippen LogP) is 5.81. The maximum absolute atomic E-state index is 13.0. The summed E-state index contributed by atoms with van der Waals surface area (Å²) < 4.78 is 36.4. The standard InChI is InChI=1S/C27H29ClN4O4S2/c1-27(13-3-4-14-27)26(33)29-16-18-7-5-8-19(15-18)17-32-20-9-6-10-21(36-2)24(20)25(30-32)31-38(34,35)23-12-11-22(28)37-23/h5-12,15H,3-4,13-14,16-17H2,1-2H3,(H,29,33)(H,30,31). The molecule has 1 fully saturated rings. The number of ether oxygens (including phenoxy) is 1. The second kappa shape index (κ2) is 10.6. The highest BCUT2D eigenvalue weighted by molar-refractivity contribution is 7.94. The van der Waals surface area contributed by atoms with E-state index in [0.717, 1.165) is 53.7 Å². The third-order valence-corrected chi connectivity index (χ3v) is 10.1. The number of methoxy groups -OCH3 is 1. The second-order valence-electron chi connectivity index (χ2n) is 9.80. The number of carbonyl (C=O) groups is 1. The lowest BCUT2D eigenvalue weighted by Crippen LogP contribution is -2.36. The van der Waals surface area contributed by atoms with Crippen LogP contribution in [0.15, 0.2) is 58.8 Å². The Morgan fingerprint density at radius 2 is 1.87 bits per heavy atom. The number of nitrogens with one attached hydrogen (secondary N) is 2. The number of thiophene rings is 1. The van der Waals surface area contributed by atoms with Crippen molar-refractivity contribution in [2.24, 2.45) is 5.41 Å². The molecule has 200 valence electrons. The summed E-state index contributed by atoms with van der Waals surface area (Å²) in [7, 11) is -2.36. The van der Waals surface area contributed by atoms with Crippen LogP contribution in [0.25, 0.3) is 10.9 Å². The van der Waals surface area contributed by atoms with Crippen LogP contribution in [-0.2, 0) is 27.9 Å². The molecule has 0 spiro atoms. The van der Waals surface area contributed by atoms with E-state index >= 15 is 0 Å². The van der Waals surface area contributed by atoms with Gasteiger partial charge in [0.2, 0.25) is 5.91 Å². The lowest BCUT2D eigenvalue weighted by Gasteiger charge is -2.22.